The quantitative estimate of drug-likeness (QED) is 0.693. The van der Waals surface area contributed by atoms with Gasteiger partial charge in [-0.05, 0) is 0 Å². The van der Waals surface area contributed by atoms with E-state index in [1.807, 2.05) is 0 Å². The molecule has 1 aromatic rings. The lowest BCUT2D eigenvalue weighted by molar-refractivity contribution is -0.191. The summed E-state index contributed by atoms with van der Waals surface area (Å²) in [6.07, 6.45) is -3.03. The fourth-order valence-electron chi connectivity index (χ4n) is 1.49. The van der Waals surface area contributed by atoms with E-state index < -0.39 is 12.1 Å². The van der Waals surface area contributed by atoms with Gasteiger partial charge in [-0.25, -0.2) is 4.68 Å². The van der Waals surface area contributed by atoms with Gasteiger partial charge in [0.2, 0.25) is 0 Å². The lowest BCUT2D eigenvalue weighted by atomic mass is 10.1. The van der Waals surface area contributed by atoms with E-state index in [2.05, 4.69) is 10.3 Å². The standard InChI is InChI=1S/C8H7F3N4O2/c9-8(10,11)7(17)14-2-6(3-14)15-1-5(4-16)12-13-15/h1,4,6H,2-3H2. The topological polar surface area (TPSA) is 68.1 Å². The lowest BCUT2D eigenvalue weighted by Crippen LogP contribution is -2.55. The molecule has 92 valence electrons. The fraction of sp³-hybridized carbons (Fsp3) is 0.500. The van der Waals surface area contributed by atoms with E-state index in [0.29, 0.717) is 11.2 Å². The molecule has 0 atom stereocenters. The lowest BCUT2D eigenvalue weighted by Gasteiger charge is -2.38. The SMILES string of the molecule is O=Cc1cn(C2CN(C(=O)C(F)(F)F)C2)nn1. The van der Waals surface area contributed by atoms with Gasteiger partial charge >= 0.3 is 12.1 Å². The zero-order valence-corrected chi connectivity index (χ0v) is 8.39. The van der Waals surface area contributed by atoms with E-state index in [0.717, 1.165) is 0 Å². The monoisotopic (exact) mass is 248 g/mol. The fourth-order valence-corrected chi connectivity index (χ4v) is 1.49. The number of hydrogen-bond donors (Lipinski definition) is 0. The molecule has 17 heavy (non-hydrogen) atoms. The minimum Gasteiger partial charge on any atom is -0.330 e. The number of nitrogens with zero attached hydrogens (tertiary/aromatic N) is 4. The van der Waals surface area contributed by atoms with Crippen LogP contribution in [0.3, 0.4) is 0 Å². The largest absolute Gasteiger partial charge is 0.471 e. The van der Waals surface area contributed by atoms with E-state index in [1.54, 1.807) is 0 Å². The molecule has 1 aliphatic heterocycles. The van der Waals surface area contributed by atoms with Gasteiger partial charge in [0, 0.05) is 13.1 Å². The molecule has 1 fully saturated rings. The summed E-state index contributed by atoms with van der Waals surface area (Å²) in [6, 6.07) is -0.359. The zero-order valence-electron chi connectivity index (χ0n) is 8.39. The maximum atomic E-state index is 12.0. The molecule has 0 aromatic carbocycles. The van der Waals surface area contributed by atoms with Crippen LogP contribution in [0.5, 0.6) is 0 Å². The van der Waals surface area contributed by atoms with Crippen LogP contribution < -0.4 is 0 Å². The Morgan fingerprint density at radius 1 is 1.47 bits per heavy atom. The van der Waals surface area contributed by atoms with Crippen molar-refractivity contribution in [3.8, 4) is 0 Å². The minimum absolute atomic E-state index is 0.0833. The Kier molecular flexibility index (Phi) is 2.60. The van der Waals surface area contributed by atoms with Gasteiger partial charge in [-0.3, -0.25) is 9.59 Å². The number of carbonyl (C=O) groups excluding carboxylic acids is 2. The first-order valence-corrected chi connectivity index (χ1v) is 4.65. The molecule has 0 N–H and O–H groups in total. The Morgan fingerprint density at radius 3 is 2.59 bits per heavy atom. The van der Waals surface area contributed by atoms with E-state index in [4.69, 9.17) is 0 Å². The Labute approximate surface area is 93.0 Å². The summed E-state index contributed by atoms with van der Waals surface area (Å²) >= 11 is 0. The van der Waals surface area contributed by atoms with Crippen molar-refractivity contribution in [1.29, 1.82) is 0 Å². The van der Waals surface area contributed by atoms with Crippen molar-refractivity contribution in [3.05, 3.63) is 11.9 Å². The summed E-state index contributed by atoms with van der Waals surface area (Å²) < 4.78 is 37.4. The Bertz CT molecular complexity index is 450. The van der Waals surface area contributed by atoms with E-state index >= 15 is 0 Å². The molecule has 0 bridgehead atoms. The summed E-state index contributed by atoms with van der Waals surface area (Å²) in [5.74, 6) is -1.86. The second-order valence-corrected chi connectivity index (χ2v) is 3.60. The van der Waals surface area contributed by atoms with Crippen molar-refractivity contribution in [1.82, 2.24) is 19.9 Å². The molecule has 0 saturated carbocycles. The number of amides is 1. The van der Waals surface area contributed by atoms with Gasteiger partial charge in [-0.2, -0.15) is 13.2 Å². The normalized spacial score (nSPS) is 16.8. The Balaban J connectivity index is 1.95. The molecule has 0 aliphatic carbocycles. The summed E-state index contributed by atoms with van der Waals surface area (Å²) in [5.41, 5.74) is 0.102. The number of rotatable bonds is 2. The van der Waals surface area contributed by atoms with Gasteiger partial charge in [-0.1, -0.05) is 5.21 Å². The molecule has 1 saturated heterocycles. The van der Waals surface area contributed by atoms with Crippen molar-refractivity contribution in [3.63, 3.8) is 0 Å². The van der Waals surface area contributed by atoms with Crippen LogP contribution in [0.15, 0.2) is 6.20 Å². The third-order valence-electron chi connectivity index (χ3n) is 2.41. The van der Waals surface area contributed by atoms with E-state index in [-0.39, 0.29) is 24.8 Å². The van der Waals surface area contributed by atoms with Crippen molar-refractivity contribution in [2.45, 2.75) is 12.2 Å². The van der Waals surface area contributed by atoms with Gasteiger partial charge in [-0.15, -0.1) is 5.10 Å². The number of carbonyl (C=O) groups is 2. The number of aromatic nitrogens is 3. The second kappa shape index (κ2) is 3.82. The van der Waals surface area contributed by atoms with Crippen LogP contribution in [-0.2, 0) is 4.79 Å². The molecule has 0 radical (unpaired) electrons. The first-order chi connectivity index (χ1) is 7.91. The molecule has 1 aromatic heterocycles. The Morgan fingerprint density at radius 2 is 2.12 bits per heavy atom. The van der Waals surface area contributed by atoms with Gasteiger partial charge in [0.1, 0.15) is 5.69 Å². The average molecular weight is 248 g/mol. The zero-order chi connectivity index (χ0) is 12.6. The van der Waals surface area contributed by atoms with E-state index in [1.165, 1.54) is 10.9 Å². The highest BCUT2D eigenvalue weighted by Gasteiger charge is 2.47. The Hall–Kier alpha value is -1.93. The predicted octanol–water partition coefficient (Wildman–Crippen LogP) is 0.0362. The highest BCUT2D eigenvalue weighted by Crippen LogP contribution is 2.26. The van der Waals surface area contributed by atoms with Crippen LogP contribution in [0.25, 0.3) is 0 Å². The molecule has 9 heteroatoms. The van der Waals surface area contributed by atoms with Gasteiger partial charge < -0.3 is 4.90 Å². The summed E-state index contributed by atoms with van der Waals surface area (Å²) in [7, 11) is 0. The third kappa shape index (κ3) is 2.12. The number of hydrogen-bond acceptors (Lipinski definition) is 4. The first-order valence-electron chi connectivity index (χ1n) is 4.65. The highest BCUT2D eigenvalue weighted by molar-refractivity contribution is 5.82. The maximum Gasteiger partial charge on any atom is 0.471 e. The molecule has 0 unspecified atom stereocenters. The molecular formula is C8H7F3N4O2. The predicted molar refractivity (Wildman–Crippen MR) is 47.1 cm³/mol. The van der Waals surface area contributed by atoms with Gasteiger partial charge in [0.05, 0.1) is 12.2 Å². The minimum atomic E-state index is -4.85. The van der Waals surface area contributed by atoms with Crippen LogP contribution in [0, 0.1) is 0 Å². The van der Waals surface area contributed by atoms with E-state index in [9.17, 15) is 22.8 Å². The van der Waals surface area contributed by atoms with Gasteiger partial charge in [0.25, 0.3) is 0 Å². The third-order valence-corrected chi connectivity index (χ3v) is 2.41. The summed E-state index contributed by atoms with van der Waals surface area (Å²) in [5, 5.41) is 7.06. The number of alkyl halides is 3. The molecule has 1 amide bonds. The maximum absolute atomic E-state index is 12.0. The van der Waals surface area contributed by atoms with Crippen molar-refractivity contribution < 1.29 is 22.8 Å². The molecule has 6 nitrogen and oxygen atoms in total. The van der Waals surface area contributed by atoms with Crippen LogP contribution in [0.2, 0.25) is 0 Å². The van der Waals surface area contributed by atoms with Crippen molar-refractivity contribution >= 4 is 12.2 Å². The molecule has 2 rings (SSSR count). The van der Waals surface area contributed by atoms with Crippen LogP contribution in [0.1, 0.15) is 16.5 Å². The molecule has 1 aliphatic rings. The smallest absolute Gasteiger partial charge is 0.330 e. The van der Waals surface area contributed by atoms with Crippen molar-refractivity contribution in [2.75, 3.05) is 13.1 Å². The number of aldehydes is 1. The number of likely N-dealkylation sites (tertiary alicyclic amines) is 1. The second-order valence-electron chi connectivity index (χ2n) is 3.60. The van der Waals surface area contributed by atoms with Crippen LogP contribution in [0.4, 0.5) is 13.2 Å². The molecular weight excluding hydrogens is 241 g/mol. The summed E-state index contributed by atoms with van der Waals surface area (Å²) in [4.78, 5) is 21.8. The average Bonchev–Trinajstić information content (AvgIpc) is 2.62. The van der Waals surface area contributed by atoms with Crippen LogP contribution in [-0.4, -0.2) is 51.4 Å². The number of halogens is 3. The summed E-state index contributed by atoms with van der Waals surface area (Å²) in [6.45, 7) is -0.167. The van der Waals surface area contributed by atoms with Gasteiger partial charge in [0.15, 0.2) is 6.29 Å². The van der Waals surface area contributed by atoms with Crippen molar-refractivity contribution in [2.24, 2.45) is 0 Å². The first kappa shape index (κ1) is 11.6. The van der Waals surface area contributed by atoms with Crippen LogP contribution >= 0.6 is 0 Å². The highest BCUT2D eigenvalue weighted by atomic mass is 19.4. The molecule has 2 heterocycles. The molecule has 0 spiro atoms.